The maximum Gasteiger partial charge on any atom is 0.223 e. The van der Waals surface area contributed by atoms with Gasteiger partial charge < -0.3 is 10.1 Å². The molecule has 17 heavy (non-hydrogen) atoms. The number of carbonyl (C=O) groups is 1. The fourth-order valence-corrected chi connectivity index (χ4v) is 2.01. The molecule has 0 heterocycles. The van der Waals surface area contributed by atoms with Crippen LogP contribution in [-0.4, -0.2) is 19.6 Å². The fourth-order valence-electron chi connectivity index (χ4n) is 2.01. The number of methoxy groups -OCH3 is 1. The van der Waals surface area contributed by atoms with Crippen molar-refractivity contribution < 1.29 is 9.53 Å². The average Bonchev–Trinajstić information content (AvgIpc) is 2.29. The first-order chi connectivity index (χ1) is 8.31. The molecule has 0 aliphatic heterocycles. The number of amides is 1. The van der Waals surface area contributed by atoms with E-state index in [0.29, 0.717) is 6.54 Å². The molecule has 92 valence electrons. The van der Waals surface area contributed by atoms with Crippen LogP contribution in [0.25, 0.3) is 0 Å². The Kier molecular flexibility index (Phi) is 4.15. The molecule has 1 fully saturated rings. The van der Waals surface area contributed by atoms with E-state index in [1.165, 1.54) is 6.42 Å². The minimum absolute atomic E-state index is 0.0553. The lowest BCUT2D eigenvalue weighted by molar-refractivity contribution is -0.127. The third kappa shape index (κ3) is 3.07. The van der Waals surface area contributed by atoms with E-state index in [1.54, 1.807) is 7.11 Å². The van der Waals surface area contributed by atoms with Gasteiger partial charge in [-0.25, -0.2) is 0 Å². The van der Waals surface area contributed by atoms with Gasteiger partial charge in [-0.1, -0.05) is 36.8 Å². The monoisotopic (exact) mass is 233 g/mol. The zero-order valence-electron chi connectivity index (χ0n) is 10.2. The third-order valence-corrected chi connectivity index (χ3v) is 3.39. The highest BCUT2D eigenvalue weighted by Gasteiger charge is 2.25. The van der Waals surface area contributed by atoms with E-state index >= 15 is 0 Å². The molecular weight excluding hydrogens is 214 g/mol. The zero-order chi connectivity index (χ0) is 12.1. The van der Waals surface area contributed by atoms with Gasteiger partial charge >= 0.3 is 0 Å². The minimum atomic E-state index is -0.0553. The predicted octanol–water partition coefficient (Wildman–Crippen LogP) is 2.29. The van der Waals surface area contributed by atoms with Crippen molar-refractivity contribution in [1.82, 2.24) is 5.32 Å². The Bertz CT molecular complexity index is 360. The standard InChI is InChI=1S/C14H19NO2/c1-17-13(11-6-3-2-4-7-11)10-15-14(16)12-8-5-9-12/h2-4,6-7,12-13H,5,8-10H2,1H3,(H,15,16)/t13-/m1/s1. The molecule has 1 aromatic rings. The molecule has 1 amide bonds. The molecule has 0 unspecified atom stereocenters. The summed E-state index contributed by atoms with van der Waals surface area (Å²) in [6, 6.07) is 9.97. The largest absolute Gasteiger partial charge is 0.375 e. The molecule has 2 rings (SSSR count). The Labute approximate surface area is 102 Å². The molecular formula is C14H19NO2. The highest BCUT2D eigenvalue weighted by molar-refractivity contribution is 5.79. The number of hydrogen-bond acceptors (Lipinski definition) is 2. The molecule has 1 aromatic carbocycles. The predicted molar refractivity (Wildman–Crippen MR) is 66.5 cm³/mol. The van der Waals surface area contributed by atoms with Gasteiger partial charge in [0.05, 0.1) is 6.10 Å². The Morgan fingerprint density at radius 3 is 2.65 bits per heavy atom. The average molecular weight is 233 g/mol. The van der Waals surface area contributed by atoms with Crippen LogP contribution in [0.3, 0.4) is 0 Å². The molecule has 0 aromatic heterocycles. The zero-order valence-corrected chi connectivity index (χ0v) is 10.2. The first-order valence-electron chi connectivity index (χ1n) is 6.16. The van der Waals surface area contributed by atoms with Crippen LogP contribution in [0.1, 0.15) is 30.9 Å². The second-order valence-electron chi connectivity index (χ2n) is 4.51. The normalized spacial score (nSPS) is 17.2. The number of ether oxygens (including phenoxy) is 1. The van der Waals surface area contributed by atoms with E-state index in [0.717, 1.165) is 18.4 Å². The van der Waals surface area contributed by atoms with Gasteiger partial charge in [0.25, 0.3) is 0 Å². The van der Waals surface area contributed by atoms with E-state index in [4.69, 9.17) is 4.74 Å². The molecule has 0 radical (unpaired) electrons. The Morgan fingerprint density at radius 2 is 2.12 bits per heavy atom. The van der Waals surface area contributed by atoms with Crippen molar-refractivity contribution in [2.45, 2.75) is 25.4 Å². The molecule has 1 saturated carbocycles. The summed E-state index contributed by atoms with van der Waals surface area (Å²) in [5, 5.41) is 2.97. The molecule has 1 N–H and O–H groups in total. The molecule has 1 atom stereocenters. The van der Waals surface area contributed by atoms with Gasteiger partial charge in [-0.15, -0.1) is 0 Å². The van der Waals surface area contributed by atoms with Crippen molar-refractivity contribution in [3.05, 3.63) is 35.9 Å². The van der Waals surface area contributed by atoms with Crippen molar-refractivity contribution in [2.24, 2.45) is 5.92 Å². The van der Waals surface area contributed by atoms with E-state index in [-0.39, 0.29) is 17.9 Å². The molecule has 1 aliphatic carbocycles. The lowest BCUT2D eigenvalue weighted by Crippen LogP contribution is -2.37. The summed E-state index contributed by atoms with van der Waals surface area (Å²) in [6.45, 7) is 0.551. The van der Waals surface area contributed by atoms with Gasteiger partial charge in [0.2, 0.25) is 5.91 Å². The second-order valence-corrected chi connectivity index (χ2v) is 4.51. The van der Waals surface area contributed by atoms with Crippen LogP contribution in [0.4, 0.5) is 0 Å². The number of rotatable bonds is 5. The number of hydrogen-bond donors (Lipinski definition) is 1. The third-order valence-electron chi connectivity index (χ3n) is 3.39. The number of benzene rings is 1. The van der Waals surface area contributed by atoms with E-state index in [2.05, 4.69) is 5.32 Å². The van der Waals surface area contributed by atoms with Crippen LogP contribution < -0.4 is 5.32 Å². The van der Waals surface area contributed by atoms with E-state index in [9.17, 15) is 4.79 Å². The van der Waals surface area contributed by atoms with E-state index < -0.39 is 0 Å². The summed E-state index contributed by atoms with van der Waals surface area (Å²) in [6.07, 6.45) is 3.20. The molecule has 1 aliphatic rings. The van der Waals surface area contributed by atoms with Gasteiger partial charge in [0, 0.05) is 19.6 Å². The van der Waals surface area contributed by atoms with Crippen LogP contribution in [0, 0.1) is 5.92 Å². The van der Waals surface area contributed by atoms with E-state index in [1.807, 2.05) is 30.3 Å². The molecule has 3 heteroatoms. The van der Waals surface area contributed by atoms with Gasteiger partial charge in [-0.05, 0) is 18.4 Å². The van der Waals surface area contributed by atoms with Gasteiger partial charge in [-0.2, -0.15) is 0 Å². The molecule has 0 saturated heterocycles. The summed E-state index contributed by atoms with van der Waals surface area (Å²) in [4.78, 5) is 11.7. The Balaban J connectivity index is 1.85. The summed E-state index contributed by atoms with van der Waals surface area (Å²) in [5.41, 5.74) is 1.10. The summed E-state index contributed by atoms with van der Waals surface area (Å²) in [5.74, 6) is 0.414. The maximum atomic E-state index is 11.7. The quantitative estimate of drug-likeness (QED) is 0.847. The highest BCUT2D eigenvalue weighted by atomic mass is 16.5. The first kappa shape index (κ1) is 12.1. The summed E-state index contributed by atoms with van der Waals surface area (Å²) >= 11 is 0. The summed E-state index contributed by atoms with van der Waals surface area (Å²) < 4.78 is 5.40. The molecule has 0 spiro atoms. The smallest absolute Gasteiger partial charge is 0.223 e. The van der Waals surface area contributed by atoms with Crippen LogP contribution in [0.15, 0.2) is 30.3 Å². The highest BCUT2D eigenvalue weighted by Crippen LogP contribution is 2.26. The van der Waals surface area contributed by atoms with Crippen LogP contribution >= 0.6 is 0 Å². The van der Waals surface area contributed by atoms with Crippen LogP contribution in [0.2, 0.25) is 0 Å². The second kappa shape index (κ2) is 5.82. The van der Waals surface area contributed by atoms with Gasteiger partial charge in [0.15, 0.2) is 0 Å². The van der Waals surface area contributed by atoms with Gasteiger partial charge in [0.1, 0.15) is 0 Å². The van der Waals surface area contributed by atoms with Crippen LogP contribution in [0.5, 0.6) is 0 Å². The number of nitrogens with one attached hydrogen (secondary N) is 1. The van der Waals surface area contributed by atoms with Crippen molar-refractivity contribution in [3.8, 4) is 0 Å². The summed E-state index contributed by atoms with van der Waals surface area (Å²) in [7, 11) is 1.67. The molecule has 3 nitrogen and oxygen atoms in total. The lowest BCUT2D eigenvalue weighted by atomic mass is 9.85. The van der Waals surface area contributed by atoms with Crippen molar-refractivity contribution in [3.63, 3.8) is 0 Å². The fraction of sp³-hybridized carbons (Fsp3) is 0.500. The minimum Gasteiger partial charge on any atom is -0.375 e. The Hall–Kier alpha value is -1.35. The lowest BCUT2D eigenvalue weighted by Gasteiger charge is -2.25. The SMILES string of the molecule is CO[C@H](CNC(=O)C1CCC1)c1ccccc1. The van der Waals surface area contributed by atoms with Crippen molar-refractivity contribution >= 4 is 5.91 Å². The maximum absolute atomic E-state index is 11.7. The molecule has 0 bridgehead atoms. The Morgan fingerprint density at radius 1 is 1.41 bits per heavy atom. The number of carbonyl (C=O) groups excluding carboxylic acids is 1. The topological polar surface area (TPSA) is 38.3 Å². The first-order valence-corrected chi connectivity index (χ1v) is 6.16. The van der Waals surface area contributed by atoms with Crippen molar-refractivity contribution in [2.75, 3.05) is 13.7 Å². The van der Waals surface area contributed by atoms with Crippen LogP contribution in [-0.2, 0) is 9.53 Å². The van der Waals surface area contributed by atoms with Gasteiger partial charge in [-0.3, -0.25) is 4.79 Å². The van der Waals surface area contributed by atoms with Crippen molar-refractivity contribution in [1.29, 1.82) is 0 Å².